The van der Waals surface area contributed by atoms with Gasteiger partial charge < -0.3 is 24.4 Å². The molecule has 2 aromatic carbocycles. The summed E-state index contributed by atoms with van der Waals surface area (Å²) in [5.41, 5.74) is 1.94. The number of anilines is 2. The molecule has 1 amide bonds. The Morgan fingerprint density at radius 2 is 1.71 bits per heavy atom. The average Bonchev–Trinajstić information content (AvgIpc) is 3.33. The molecule has 0 saturated heterocycles. The first-order valence-corrected chi connectivity index (χ1v) is 11.5. The summed E-state index contributed by atoms with van der Waals surface area (Å²) >= 11 is 1.39. The van der Waals surface area contributed by atoms with Gasteiger partial charge in [-0.1, -0.05) is 26.0 Å². The molecule has 8 nitrogen and oxygen atoms in total. The maximum atomic E-state index is 12.6. The zero-order valence-electron chi connectivity index (χ0n) is 20.2. The van der Waals surface area contributed by atoms with Gasteiger partial charge in [0.05, 0.1) is 14.2 Å². The molecule has 0 saturated carbocycles. The van der Waals surface area contributed by atoms with Crippen molar-refractivity contribution in [2.45, 2.75) is 19.3 Å². The number of nitrogens with zero attached hydrogens (tertiary/aromatic N) is 2. The van der Waals surface area contributed by atoms with E-state index in [-0.39, 0.29) is 12.5 Å². The smallest absolute Gasteiger partial charge is 0.357 e. The predicted octanol–water partition coefficient (Wildman–Crippen LogP) is 4.61. The van der Waals surface area contributed by atoms with Gasteiger partial charge in [-0.2, -0.15) is 0 Å². The number of methoxy groups -OCH3 is 2. The second-order valence-electron chi connectivity index (χ2n) is 8.47. The number of nitrogens with one attached hydrogen (secondary N) is 1. The number of amides is 1. The third-order valence-electron chi connectivity index (χ3n) is 5.22. The van der Waals surface area contributed by atoms with E-state index in [1.165, 1.54) is 18.4 Å². The van der Waals surface area contributed by atoms with Crippen LogP contribution in [-0.2, 0) is 10.2 Å². The molecule has 180 valence electrons. The quantitative estimate of drug-likeness (QED) is 0.445. The van der Waals surface area contributed by atoms with Gasteiger partial charge in [0, 0.05) is 36.1 Å². The van der Waals surface area contributed by atoms with Crippen LogP contribution in [0.1, 0.15) is 40.3 Å². The number of carbonyl (C=O) groups excluding carboxylic acids is 2. The monoisotopic (exact) mass is 483 g/mol. The van der Waals surface area contributed by atoms with Crippen molar-refractivity contribution >= 4 is 34.0 Å². The molecule has 0 spiro atoms. The molecule has 0 aliphatic carbocycles. The molecule has 0 fully saturated rings. The largest absolute Gasteiger partial charge is 0.493 e. The average molecular weight is 484 g/mol. The summed E-state index contributed by atoms with van der Waals surface area (Å²) < 4.78 is 16.0. The number of aromatic nitrogens is 1. The number of hydrogen-bond acceptors (Lipinski definition) is 8. The topological polar surface area (TPSA) is 90.0 Å². The van der Waals surface area contributed by atoms with E-state index >= 15 is 0 Å². The molecule has 3 aromatic rings. The van der Waals surface area contributed by atoms with Crippen molar-refractivity contribution in [3.8, 4) is 11.5 Å². The molecule has 0 radical (unpaired) electrons. The van der Waals surface area contributed by atoms with Crippen molar-refractivity contribution in [1.82, 2.24) is 4.98 Å². The highest BCUT2D eigenvalue weighted by molar-refractivity contribution is 7.13. The molecular weight excluding hydrogens is 454 g/mol. The van der Waals surface area contributed by atoms with Gasteiger partial charge in [-0.25, -0.2) is 9.78 Å². The Labute approximate surface area is 203 Å². The van der Waals surface area contributed by atoms with Crippen molar-refractivity contribution in [3.63, 3.8) is 0 Å². The molecule has 0 aliphatic rings. The minimum Gasteiger partial charge on any atom is -0.493 e. The predicted molar refractivity (Wildman–Crippen MR) is 134 cm³/mol. The molecule has 1 N–H and O–H groups in total. The minimum absolute atomic E-state index is 0.192. The molecule has 1 aromatic heterocycles. The van der Waals surface area contributed by atoms with E-state index in [2.05, 4.69) is 10.3 Å². The van der Waals surface area contributed by atoms with Crippen LogP contribution in [0.25, 0.3) is 0 Å². The second-order valence-corrected chi connectivity index (χ2v) is 9.31. The number of esters is 1. The number of rotatable bonds is 9. The van der Waals surface area contributed by atoms with Crippen LogP contribution in [-0.4, -0.2) is 51.8 Å². The van der Waals surface area contributed by atoms with Crippen molar-refractivity contribution in [1.29, 1.82) is 0 Å². The maximum absolute atomic E-state index is 12.6. The number of thiazole rings is 1. The highest BCUT2D eigenvalue weighted by Crippen LogP contribution is 2.29. The van der Waals surface area contributed by atoms with Crippen LogP contribution in [0.15, 0.2) is 47.8 Å². The number of hydrogen-bond donors (Lipinski definition) is 1. The third kappa shape index (κ3) is 5.85. The third-order valence-corrected chi connectivity index (χ3v) is 6.23. The minimum atomic E-state index is -0.448. The van der Waals surface area contributed by atoms with E-state index in [9.17, 15) is 9.59 Å². The van der Waals surface area contributed by atoms with Gasteiger partial charge in [-0.15, -0.1) is 11.3 Å². The van der Waals surface area contributed by atoms with Crippen molar-refractivity contribution in [2.75, 3.05) is 45.1 Å². The van der Waals surface area contributed by atoms with Crippen LogP contribution >= 0.6 is 11.3 Å². The van der Waals surface area contributed by atoms with E-state index in [0.29, 0.717) is 28.4 Å². The van der Waals surface area contributed by atoms with E-state index in [0.717, 1.165) is 10.7 Å². The van der Waals surface area contributed by atoms with Crippen molar-refractivity contribution in [2.24, 2.45) is 0 Å². The Kier molecular flexibility index (Phi) is 7.78. The van der Waals surface area contributed by atoms with Gasteiger partial charge in [-0.05, 0) is 35.9 Å². The lowest BCUT2D eigenvalue weighted by atomic mass is 9.85. The normalized spacial score (nSPS) is 11.0. The van der Waals surface area contributed by atoms with E-state index < -0.39 is 11.4 Å². The second kappa shape index (κ2) is 10.6. The number of benzene rings is 2. The highest BCUT2D eigenvalue weighted by Gasteiger charge is 2.24. The summed E-state index contributed by atoms with van der Waals surface area (Å²) in [6, 6.07) is 12.4. The molecule has 0 bridgehead atoms. The summed E-state index contributed by atoms with van der Waals surface area (Å²) in [5.74, 6) is 0.329. The summed E-state index contributed by atoms with van der Waals surface area (Å²) in [4.78, 5) is 31.2. The van der Waals surface area contributed by atoms with Gasteiger partial charge in [0.15, 0.2) is 22.3 Å². The van der Waals surface area contributed by atoms with Gasteiger partial charge in [0.1, 0.15) is 6.61 Å². The fraction of sp³-hybridized carbons (Fsp3) is 0.320. The van der Waals surface area contributed by atoms with Crippen LogP contribution in [0.4, 0.5) is 10.8 Å². The Bertz CT molecular complexity index is 1160. The Morgan fingerprint density at radius 3 is 2.29 bits per heavy atom. The van der Waals surface area contributed by atoms with Crippen molar-refractivity contribution in [3.05, 3.63) is 64.7 Å². The molecule has 3 rings (SSSR count). The first-order valence-electron chi connectivity index (χ1n) is 10.6. The zero-order valence-corrected chi connectivity index (χ0v) is 21.0. The van der Waals surface area contributed by atoms with Gasteiger partial charge in [0.25, 0.3) is 5.91 Å². The Balaban J connectivity index is 1.62. The summed E-state index contributed by atoms with van der Waals surface area (Å²) in [6.45, 7) is 4.17. The number of ether oxygens (including phenoxy) is 3. The van der Waals surface area contributed by atoms with E-state index in [1.54, 1.807) is 30.7 Å². The van der Waals surface area contributed by atoms with Crippen LogP contribution in [0.3, 0.4) is 0 Å². The van der Waals surface area contributed by atoms with Gasteiger partial charge >= 0.3 is 5.97 Å². The van der Waals surface area contributed by atoms with Crippen LogP contribution < -0.4 is 19.7 Å². The molecule has 0 unspecified atom stereocenters. The zero-order chi connectivity index (χ0) is 24.9. The van der Waals surface area contributed by atoms with E-state index in [4.69, 9.17) is 14.2 Å². The lowest BCUT2D eigenvalue weighted by Gasteiger charge is -2.25. The lowest BCUT2D eigenvalue weighted by molar-refractivity contribution is 0.0421. The molecule has 0 atom stereocenters. The van der Waals surface area contributed by atoms with Gasteiger partial charge in [-0.3, -0.25) is 4.79 Å². The number of carbonyl (C=O) groups is 2. The lowest BCUT2D eigenvalue weighted by Crippen LogP contribution is -2.26. The Morgan fingerprint density at radius 1 is 1.03 bits per heavy atom. The summed E-state index contributed by atoms with van der Waals surface area (Å²) in [7, 11) is 6.81. The first kappa shape index (κ1) is 25.0. The first-order chi connectivity index (χ1) is 16.1. The Hall–Kier alpha value is -3.59. The SMILES string of the molecule is COc1ccc(C(=O)Nc2ccc(C(C)(C)COC(=O)c3csc(N(C)C)n3)cc2)cc1OC. The fourth-order valence-electron chi connectivity index (χ4n) is 3.15. The van der Waals surface area contributed by atoms with Gasteiger partial charge in [0.2, 0.25) is 0 Å². The molecule has 0 aliphatic heterocycles. The fourth-order valence-corrected chi connectivity index (χ4v) is 3.88. The van der Waals surface area contributed by atoms with E-state index in [1.807, 2.05) is 57.1 Å². The van der Waals surface area contributed by atoms with Crippen LogP contribution in [0.2, 0.25) is 0 Å². The van der Waals surface area contributed by atoms with Crippen LogP contribution in [0.5, 0.6) is 11.5 Å². The summed E-state index contributed by atoms with van der Waals surface area (Å²) in [6.07, 6.45) is 0. The molecule has 34 heavy (non-hydrogen) atoms. The maximum Gasteiger partial charge on any atom is 0.357 e. The standard InChI is InChI=1S/C25H29N3O5S/c1-25(2,15-33-23(30)19-14-34-24(27-19)28(3)4)17-8-10-18(11-9-17)26-22(29)16-7-12-20(31-5)21(13-16)32-6/h7-14H,15H2,1-6H3,(H,26,29). The molecule has 1 heterocycles. The highest BCUT2D eigenvalue weighted by atomic mass is 32.1. The molecule has 9 heteroatoms. The summed E-state index contributed by atoms with van der Waals surface area (Å²) in [5, 5.41) is 5.32. The van der Waals surface area contributed by atoms with Crippen molar-refractivity contribution < 1.29 is 23.8 Å². The van der Waals surface area contributed by atoms with Crippen LogP contribution in [0, 0.1) is 0 Å². The molecular formula is C25H29N3O5S.